The van der Waals surface area contributed by atoms with Gasteiger partial charge in [-0.3, -0.25) is 9.89 Å². The molecule has 9 heteroatoms. The maximum absolute atomic E-state index is 5.38. The monoisotopic (exact) mass is 479 g/mol. The molecule has 0 atom stereocenters. The van der Waals surface area contributed by atoms with Crippen LogP contribution in [0.2, 0.25) is 0 Å². The van der Waals surface area contributed by atoms with Crippen molar-refractivity contribution in [1.29, 1.82) is 0 Å². The quantitative estimate of drug-likeness (QED) is 0.239. The summed E-state index contributed by atoms with van der Waals surface area (Å²) < 4.78 is 7.46. The summed E-state index contributed by atoms with van der Waals surface area (Å²) in [5.41, 5.74) is 0. The maximum Gasteiger partial charge on any atom is 0.191 e. The van der Waals surface area contributed by atoms with Gasteiger partial charge >= 0.3 is 0 Å². The fourth-order valence-electron chi connectivity index (χ4n) is 2.77. The third kappa shape index (κ3) is 8.63. The fraction of sp³-hybridized carbons (Fsp3) is 0.824. The highest BCUT2D eigenvalue weighted by atomic mass is 127. The van der Waals surface area contributed by atoms with Crippen LogP contribution in [-0.2, 0) is 17.7 Å². The zero-order valence-electron chi connectivity index (χ0n) is 16.3. The van der Waals surface area contributed by atoms with Gasteiger partial charge in [0.05, 0.1) is 13.2 Å². The molecule has 0 radical (unpaired) electrons. The van der Waals surface area contributed by atoms with Crippen molar-refractivity contribution < 1.29 is 4.74 Å². The van der Waals surface area contributed by atoms with Crippen molar-refractivity contribution in [2.45, 2.75) is 46.2 Å². The largest absolute Gasteiger partial charge is 0.379 e. The Hall–Kier alpha value is -0.940. The molecule has 2 heterocycles. The normalized spacial score (nSPS) is 15.8. The number of hydrogen-bond donors (Lipinski definition) is 2. The van der Waals surface area contributed by atoms with E-state index in [1.54, 1.807) is 6.33 Å². The second-order valence-electron chi connectivity index (χ2n) is 6.56. The van der Waals surface area contributed by atoms with E-state index in [1.165, 1.54) is 0 Å². The smallest absolute Gasteiger partial charge is 0.191 e. The fourth-order valence-corrected chi connectivity index (χ4v) is 2.77. The number of halogens is 1. The summed E-state index contributed by atoms with van der Waals surface area (Å²) in [6.45, 7) is 13.7. The first-order chi connectivity index (χ1) is 12.2. The SMILES string of the molecule is CCc1nncn1CCNC(=NCCCN1CCOCC1)NC(C)C.I. The average molecular weight is 479 g/mol. The molecule has 1 saturated heterocycles. The lowest BCUT2D eigenvalue weighted by molar-refractivity contribution is 0.0377. The van der Waals surface area contributed by atoms with Crippen molar-refractivity contribution in [1.82, 2.24) is 30.3 Å². The lowest BCUT2D eigenvalue weighted by atomic mass is 10.3. The van der Waals surface area contributed by atoms with E-state index in [0.717, 1.165) is 77.1 Å². The molecule has 1 fully saturated rings. The van der Waals surface area contributed by atoms with Crippen LogP contribution in [0.1, 0.15) is 33.0 Å². The van der Waals surface area contributed by atoms with Crippen molar-refractivity contribution in [2.24, 2.45) is 4.99 Å². The molecule has 0 bridgehead atoms. The number of aryl methyl sites for hydroxylation is 1. The second-order valence-corrected chi connectivity index (χ2v) is 6.56. The summed E-state index contributed by atoms with van der Waals surface area (Å²) in [4.78, 5) is 7.15. The number of rotatable bonds is 9. The van der Waals surface area contributed by atoms with Gasteiger partial charge in [0.1, 0.15) is 12.2 Å². The van der Waals surface area contributed by atoms with E-state index < -0.39 is 0 Å². The highest BCUT2D eigenvalue weighted by Crippen LogP contribution is 1.98. The van der Waals surface area contributed by atoms with E-state index in [1.807, 2.05) is 0 Å². The first-order valence-electron chi connectivity index (χ1n) is 9.40. The van der Waals surface area contributed by atoms with Crippen LogP contribution >= 0.6 is 24.0 Å². The number of ether oxygens (including phenoxy) is 1. The van der Waals surface area contributed by atoms with Gasteiger partial charge in [-0.05, 0) is 20.3 Å². The minimum atomic E-state index is 0. The zero-order valence-corrected chi connectivity index (χ0v) is 18.6. The van der Waals surface area contributed by atoms with Gasteiger partial charge in [0.15, 0.2) is 5.96 Å². The van der Waals surface area contributed by atoms with E-state index in [-0.39, 0.29) is 24.0 Å². The lowest BCUT2D eigenvalue weighted by Crippen LogP contribution is -2.42. The molecule has 0 unspecified atom stereocenters. The number of nitrogens with one attached hydrogen (secondary N) is 2. The first kappa shape index (κ1) is 23.1. The Morgan fingerprint density at radius 3 is 2.77 bits per heavy atom. The van der Waals surface area contributed by atoms with Gasteiger partial charge in [-0.2, -0.15) is 0 Å². The minimum absolute atomic E-state index is 0. The number of aliphatic imine (C=N–C) groups is 1. The molecule has 1 aromatic rings. The predicted molar refractivity (Wildman–Crippen MR) is 115 cm³/mol. The third-order valence-corrected chi connectivity index (χ3v) is 4.09. The zero-order chi connectivity index (χ0) is 17.9. The molecule has 150 valence electrons. The molecule has 2 rings (SSSR count). The van der Waals surface area contributed by atoms with Crippen molar-refractivity contribution in [3.63, 3.8) is 0 Å². The lowest BCUT2D eigenvalue weighted by Gasteiger charge is -2.26. The number of hydrogen-bond acceptors (Lipinski definition) is 5. The summed E-state index contributed by atoms with van der Waals surface area (Å²) in [6, 6.07) is 0.353. The minimum Gasteiger partial charge on any atom is -0.379 e. The summed E-state index contributed by atoms with van der Waals surface area (Å²) in [5.74, 6) is 1.89. The Bertz CT molecular complexity index is 515. The van der Waals surface area contributed by atoms with Crippen LogP contribution < -0.4 is 10.6 Å². The second kappa shape index (κ2) is 13.3. The number of nitrogens with zero attached hydrogens (tertiary/aromatic N) is 5. The molecule has 2 N–H and O–H groups in total. The Balaban J connectivity index is 0.00000338. The van der Waals surface area contributed by atoms with Gasteiger partial charge in [0.25, 0.3) is 0 Å². The predicted octanol–water partition coefficient (Wildman–Crippen LogP) is 1.12. The van der Waals surface area contributed by atoms with Crippen molar-refractivity contribution in [3.8, 4) is 0 Å². The van der Waals surface area contributed by atoms with Crippen molar-refractivity contribution in [2.75, 3.05) is 45.9 Å². The summed E-state index contributed by atoms with van der Waals surface area (Å²) in [7, 11) is 0. The van der Waals surface area contributed by atoms with Crippen molar-refractivity contribution in [3.05, 3.63) is 12.2 Å². The molecule has 1 aromatic heterocycles. The molecule has 8 nitrogen and oxygen atoms in total. The molecule has 0 amide bonds. The van der Waals surface area contributed by atoms with E-state index in [0.29, 0.717) is 6.04 Å². The average Bonchev–Trinajstić information content (AvgIpc) is 3.06. The maximum atomic E-state index is 5.38. The van der Waals surface area contributed by atoms with E-state index >= 15 is 0 Å². The Labute approximate surface area is 174 Å². The summed E-state index contributed by atoms with van der Waals surface area (Å²) >= 11 is 0. The van der Waals surface area contributed by atoms with Crippen LogP contribution in [0.3, 0.4) is 0 Å². The Morgan fingerprint density at radius 1 is 1.31 bits per heavy atom. The van der Waals surface area contributed by atoms with Gasteiger partial charge in [0.2, 0.25) is 0 Å². The highest BCUT2D eigenvalue weighted by Gasteiger charge is 2.09. The van der Waals surface area contributed by atoms with Crippen LogP contribution in [0.15, 0.2) is 11.3 Å². The molecule has 0 aliphatic carbocycles. The van der Waals surface area contributed by atoms with Crippen molar-refractivity contribution >= 4 is 29.9 Å². The summed E-state index contributed by atoms with van der Waals surface area (Å²) in [5, 5.41) is 14.9. The molecule has 0 saturated carbocycles. The molecule has 26 heavy (non-hydrogen) atoms. The molecule has 0 spiro atoms. The van der Waals surface area contributed by atoms with Crippen LogP contribution in [0.4, 0.5) is 0 Å². The van der Waals surface area contributed by atoms with E-state index in [9.17, 15) is 0 Å². The first-order valence-corrected chi connectivity index (χ1v) is 9.40. The van der Waals surface area contributed by atoms with Gasteiger partial charge < -0.3 is 19.9 Å². The van der Waals surface area contributed by atoms with Crippen LogP contribution in [-0.4, -0.2) is 77.6 Å². The van der Waals surface area contributed by atoms with Crippen LogP contribution in [0.5, 0.6) is 0 Å². The Kier molecular flexibility index (Phi) is 11.8. The van der Waals surface area contributed by atoms with Gasteiger partial charge in [-0.15, -0.1) is 34.2 Å². The molecular formula is C17H34IN7O. The highest BCUT2D eigenvalue weighted by molar-refractivity contribution is 14.0. The van der Waals surface area contributed by atoms with Gasteiger partial charge in [-0.25, -0.2) is 0 Å². The number of guanidine groups is 1. The summed E-state index contributed by atoms with van der Waals surface area (Å²) in [6.07, 6.45) is 3.75. The molecule has 1 aliphatic rings. The topological polar surface area (TPSA) is 79.6 Å². The molecule has 0 aromatic carbocycles. The third-order valence-electron chi connectivity index (χ3n) is 4.09. The van der Waals surface area contributed by atoms with Gasteiger partial charge in [0, 0.05) is 51.7 Å². The van der Waals surface area contributed by atoms with Crippen LogP contribution in [0, 0.1) is 0 Å². The standard InChI is InChI=1S/C17H33N7O.HI/c1-4-16-22-20-14-24(16)9-7-19-17(21-15(2)3)18-6-5-8-23-10-12-25-13-11-23;/h14-15H,4-13H2,1-3H3,(H2,18,19,21);1H. The van der Waals surface area contributed by atoms with E-state index in [4.69, 9.17) is 9.73 Å². The number of aromatic nitrogens is 3. The Morgan fingerprint density at radius 2 is 2.08 bits per heavy atom. The van der Waals surface area contributed by atoms with E-state index in [2.05, 4.69) is 51.1 Å². The molecular weight excluding hydrogens is 445 g/mol. The van der Waals surface area contributed by atoms with Crippen LogP contribution in [0.25, 0.3) is 0 Å². The molecule has 1 aliphatic heterocycles. The number of morpholine rings is 1. The van der Waals surface area contributed by atoms with Gasteiger partial charge in [-0.1, -0.05) is 6.92 Å².